The Bertz CT molecular complexity index is 296. The highest BCUT2D eigenvalue weighted by Crippen LogP contribution is 2.16. The van der Waals surface area contributed by atoms with E-state index < -0.39 is 0 Å². The first-order chi connectivity index (χ1) is 5.11. The summed E-state index contributed by atoms with van der Waals surface area (Å²) < 4.78 is 13.0. The Labute approximate surface area is 72.9 Å². The largest absolute Gasteiger partial charge is 0.305 e. The summed E-state index contributed by atoms with van der Waals surface area (Å²) in [6.07, 6.45) is 0. The van der Waals surface area contributed by atoms with Gasteiger partial charge in [0.05, 0.1) is 4.47 Å². The van der Waals surface area contributed by atoms with E-state index in [2.05, 4.69) is 15.9 Å². The molecule has 0 saturated heterocycles. The van der Waals surface area contributed by atoms with Crippen LogP contribution < -0.4 is 0 Å². The van der Waals surface area contributed by atoms with E-state index in [9.17, 15) is 4.39 Å². The van der Waals surface area contributed by atoms with Crippen molar-refractivity contribution in [2.45, 2.75) is 6.92 Å². The van der Waals surface area contributed by atoms with Gasteiger partial charge in [0.15, 0.2) is 0 Å². The van der Waals surface area contributed by atoms with Crippen LogP contribution in [0.15, 0.2) is 22.7 Å². The second-order valence-corrected chi connectivity index (χ2v) is 3.11. The van der Waals surface area contributed by atoms with Gasteiger partial charge in [-0.05, 0) is 40.5 Å². The van der Waals surface area contributed by atoms with Gasteiger partial charge in [0, 0.05) is 5.71 Å². The Balaban J connectivity index is 3.15. The number of nitrogens with one attached hydrogen (secondary N) is 1. The summed E-state index contributed by atoms with van der Waals surface area (Å²) >= 11 is 3.04. The molecule has 0 aliphatic heterocycles. The van der Waals surface area contributed by atoms with Crippen LogP contribution in [0.5, 0.6) is 0 Å². The first kappa shape index (κ1) is 8.40. The van der Waals surface area contributed by atoms with Crippen LogP contribution in [-0.2, 0) is 0 Å². The van der Waals surface area contributed by atoms with Gasteiger partial charge in [0.2, 0.25) is 0 Å². The maximum Gasteiger partial charge on any atom is 0.137 e. The Morgan fingerprint density at radius 2 is 2.18 bits per heavy atom. The SMILES string of the molecule is CC(=N)c1ccc(F)c(Br)c1. The molecule has 0 aromatic heterocycles. The van der Waals surface area contributed by atoms with Crippen molar-refractivity contribution >= 4 is 21.6 Å². The van der Waals surface area contributed by atoms with Crippen LogP contribution in [0, 0.1) is 11.2 Å². The Morgan fingerprint density at radius 1 is 1.55 bits per heavy atom. The van der Waals surface area contributed by atoms with Gasteiger partial charge in [-0.1, -0.05) is 6.07 Å². The van der Waals surface area contributed by atoms with Gasteiger partial charge in [0.1, 0.15) is 5.82 Å². The molecule has 1 rings (SSSR count). The lowest BCUT2D eigenvalue weighted by molar-refractivity contribution is 0.621. The third-order valence-corrected chi connectivity index (χ3v) is 1.96. The molecular weight excluding hydrogens is 209 g/mol. The highest BCUT2D eigenvalue weighted by molar-refractivity contribution is 9.10. The van der Waals surface area contributed by atoms with Gasteiger partial charge in [0.25, 0.3) is 0 Å². The zero-order chi connectivity index (χ0) is 8.43. The van der Waals surface area contributed by atoms with Crippen molar-refractivity contribution in [3.05, 3.63) is 34.1 Å². The molecule has 1 N–H and O–H groups in total. The number of benzene rings is 1. The quantitative estimate of drug-likeness (QED) is 0.697. The van der Waals surface area contributed by atoms with Gasteiger partial charge < -0.3 is 5.41 Å². The van der Waals surface area contributed by atoms with E-state index in [1.165, 1.54) is 6.07 Å². The van der Waals surface area contributed by atoms with Crippen LogP contribution >= 0.6 is 15.9 Å². The maximum atomic E-state index is 12.6. The molecule has 0 atom stereocenters. The van der Waals surface area contributed by atoms with Gasteiger partial charge >= 0.3 is 0 Å². The van der Waals surface area contributed by atoms with Crippen LogP contribution in [0.4, 0.5) is 4.39 Å². The van der Waals surface area contributed by atoms with Crippen molar-refractivity contribution in [3.8, 4) is 0 Å². The van der Waals surface area contributed by atoms with Crippen molar-refractivity contribution < 1.29 is 4.39 Å². The molecule has 0 aliphatic carbocycles. The summed E-state index contributed by atoms with van der Waals surface area (Å²) in [6, 6.07) is 4.53. The molecule has 0 unspecified atom stereocenters. The van der Waals surface area contributed by atoms with Crippen LogP contribution in [0.3, 0.4) is 0 Å². The lowest BCUT2D eigenvalue weighted by atomic mass is 10.1. The second-order valence-electron chi connectivity index (χ2n) is 2.25. The molecule has 0 saturated carbocycles. The highest BCUT2D eigenvalue weighted by Gasteiger charge is 2.00. The molecule has 3 heteroatoms. The van der Waals surface area contributed by atoms with Gasteiger partial charge in [-0.25, -0.2) is 4.39 Å². The molecule has 0 radical (unpaired) electrons. The number of halogens is 2. The van der Waals surface area contributed by atoms with Crippen LogP contribution in [0.25, 0.3) is 0 Å². The molecule has 1 aromatic carbocycles. The fraction of sp³-hybridized carbons (Fsp3) is 0.125. The van der Waals surface area contributed by atoms with Gasteiger partial charge in [-0.3, -0.25) is 0 Å². The van der Waals surface area contributed by atoms with E-state index >= 15 is 0 Å². The predicted molar refractivity (Wildman–Crippen MR) is 46.6 cm³/mol. The van der Waals surface area contributed by atoms with Crippen LogP contribution in [0.1, 0.15) is 12.5 Å². The summed E-state index contributed by atoms with van der Waals surface area (Å²) in [7, 11) is 0. The van der Waals surface area contributed by atoms with E-state index in [0.717, 1.165) is 5.56 Å². The minimum absolute atomic E-state index is 0.296. The average Bonchev–Trinajstić information content (AvgIpc) is 1.94. The molecule has 1 nitrogen and oxygen atoms in total. The lowest BCUT2D eigenvalue weighted by Gasteiger charge is -1.98. The van der Waals surface area contributed by atoms with Crippen molar-refractivity contribution in [1.29, 1.82) is 5.41 Å². The zero-order valence-electron chi connectivity index (χ0n) is 5.99. The van der Waals surface area contributed by atoms with Gasteiger partial charge in [-0.2, -0.15) is 0 Å². The van der Waals surface area contributed by atoms with E-state index in [1.54, 1.807) is 19.1 Å². The molecular formula is C8H7BrFN. The van der Waals surface area contributed by atoms with Crippen LogP contribution in [0.2, 0.25) is 0 Å². The monoisotopic (exact) mass is 215 g/mol. The van der Waals surface area contributed by atoms with Crippen molar-refractivity contribution in [1.82, 2.24) is 0 Å². The molecule has 0 spiro atoms. The summed E-state index contributed by atoms with van der Waals surface area (Å²) in [4.78, 5) is 0. The molecule has 0 amide bonds. The first-order valence-electron chi connectivity index (χ1n) is 3.12. The van der Waals surface area contributed by atoms with E-state index in [1.807, 2.05) is 0 Å². The van der Waals surface area contributed by atoms with Crippen molar-refractivity contribution in [2.75, 3.05) is 0 Å². The molecule has 0 heterocycles. The average molecular weight is 216 g/mol. The minimum Gasteiger partial charge on any atom is -0.305 e. The Kier molecular flexibility index (Phi) is 2.39. The molecule has 58 valence electrons. The summed E-state index contributed by atoms with van der Waals surface area (Å²) in [5.41, 5.74) is 1.17. The number of rotatable bonds is 1. The van der Waals surface area contributed by atoms with Crippen molar-refractivity contribution in [3.63, 3.8) is 0 Å². The summed E-state index contributed by atoms with van der Waals surface area (Å²) in [5, 5.41) is 7.26. The third kappa shape index (κ3) is 1.87. The molecule has 1 aromatic rings. The van der Waals surface area contributed by atoms with Crippen molar-refractivity contribution in [2.24, 2.45) is 0 Å². The molecule has 0 fully saturated rings. The number of hydrogen-bond acceptors (Lipinski definition) is 1. The smallest absolute Gasteiger partial charge is 0.137 e. The molecule has 0 aliphatic rings. The highest BCUT2D eigenvalue weighted by atomic mass is 79.9. The molecule has 11 heavy (non-hydrogen) atoms. The van der Waals surface area contributed by atoms with E-state index in [0.29, 0.717) is 10.2 Å². The second kappa shape index (κ2) is 3.13. The Morgan fingerprint density at radius 3 is 2.64 bits per heavy atom. The third-order valence-electron chi connectivity index (χ3n) is 1.35. The zero-order valence-corrected chi connectivity index (χ0v) is 7.57. The lowest BCUT2D eigenvalue weighted by Crippen LogP contribution is -1.92. The number of hydrogen-bond donors (Lipinski definition) is 1. The topological polar surface area (TPSA) is 23.9 Å². The minimum atomic E-state index is -0.296. The fourth-order valence-electron chi connectivity index (χ4n) is 0.729. The molecule has 0 bridgehead atoms. The van der Waals surface area contributed by atoms with Crippen LogP contribution in [-0.4, -0.2) is 5.71 Å². The normalized spacial score (nSPS) is 9.73. The van der Waals surface area contributed by atoms with E-state index in [4.69, 9.17) is 5.41 Å². The standard InChI is InChI=1S/C8H7BrFN/c1-5(11)6-2-3-8(10)7(9)4-6/h2-4,11H,1H3. The fourth-order valence-corrected chi connectivity index (χ4v) is 1.11. The summed E-state index contributed by atoms with van der Waals surface area (Å²) in [6.45, 7) is 1.67. The maximum absolute atomic E-state index is 12.6. The Hall–Kier alpha value is -0.700. The summed E-state index contributed by atoms with van der Waals surface area (Å²) in [5.74, 6) is -0.296. The predicted octanol–water partition coefficient (Wildman–Crippen LogP) is 2.98. The van der Waals surface area contributed by atoms with E-state index in [-0.39, 0.29) is 5.82 Å². The first-order valence-corrected chi connectivity index (χ1v) is 3.91. The van der Waals surface area contributed by atoms with Gasteiger partial charge in [-0.15, -0.1) is 0 Å².